The number of carbonyl (C=O) groups excluding carboxylic acids is 3. The van der Waals surface area contributed by atoms with E-state index < -0.39 is 41.0 Å². The lowest BCUT2D eigenvalue weighted by molar-refractivity contribution is -0.130. The molecule has 182 valence electrons. The first kappa shape index (κ1) is 22.4. The Hall–Kier alpha value is -4.04. The second-order valence-corrected chi connectivity index (χ2v) is 9.93. The Kier molecular flexibility index (Phi) is 4.82. The van der Waals surface area contributed by atoms with E-state index in [9.17, 15) is 23.9 Å². The van der Waals surface area contributed by atoms with Gasteiger partial charge in [-0.25, -0.2) is 9.29 Å². The van der Waals surface area contributed by atoms with Gasteiger partial charge in [0.15, 0.2) is 0 Å². The molecule has 3 aromatic carbocycles. The van der Waals surface area contributed by atoms with Crippen LogP contribution in [0.15, 0.2) is 60.7 Å². The molecule has 3 aliphatic heterocycles. The molecule has 0 radical (unpaired) electrons. The quantitative estimate of drug-likeness (QED) is 0.495. The van der Waals surface area contributed by atoms with Gasteiger partial charge >= 0.3 is 0 Å². The summed E-state index contributed by atoms with van der Waals surface area (Å²) in [6.45, 7) is 3.78. The van der Waals surface area contributed by atoms with Gasteiger partial charge in [0.1, 0.15) is 17.1 Å². The van der Waals surface area contributed by atoms with Crippen molar-refractivity contribution in [1.29, 1.82) is 0 Å². The Morgan fingerprint density at radius 1 is 0.944 bits per heavy atom. The van der Waals surface area contributed by atoms with Crippen molar-refractivity contribution in [1.82, 2.24) is 5.32 Å². The number of phenolic OH excluding ortho intramolecular Hbond substituents is 1. The van der Waals surface area contributed by atoms with Gasteiger partial charge in [0, 0.05) is 17.3 Å². The highest BCUT2D eigenvalue weighted by atomic mass is 19.1. The molecule has 0 bridgehead atoms. The molecule has 0 saturated carbocycles. The van der Waals surface area contributed by atoms with E-state index in [0.29, 0.717) is 23.4 Å². The highest BCUT2D eigenvalue weighted by Gasteiger charge is 2.70. The summed E-state index contributed by atoms with van der Waals surface area (Å²) >= 11 is 0. The van der Waals surface area contributed by atoms with Crippen molar-refractivity contribution < 1.29 is 23.9 Å². The fourth-order valence-corrected chi connectivity index (χ4v) is 6.17. The molecular formula is C28H24FN3O4. The van der Waals surface area contributed by atoms with Gasteiger partial charge in [-0.1, -0.05) is 18.2 Å². The number of nitrogens with zero attached hydrogens (tertiary/aromatic N) is 1. The lowest BCUT2D eigenvalue weighted by Crippen LogP contribution is -2.53. The smallest absolute Gasteiger partial charge is 0.250 e. The van der Waals surface area contributed by atoms with Crippen LogP contribution in [0, 0.1) is 31.5 Å². The number of aromatic hydroxyl groups is 1. The maximum Gasteiger partial charge on any atom is 0.250 e. The van der Waals surface area contributed by atoms with Crippen LogP contribution in [0.3, 0.4) is 0 Å². The van der Waals surface area contributed by atoms with E-state index in [2.05, 4.69) is 10.6 Å². The molecule has 3 amide bonds. The van der Waals surface area contributed by atoms with Crippen LogP contribution in [0.4, 0.5) is 15.8 Å². The summed E-state index contributed by atoms with van der Waals surface area (Å²) in [4.78, 5) is 42.7. The van der Waals surface area contributed by atoms with E-state index in [1.165, 1.54) is 23.1 Å². The van der Waals surface area contributed by atoms with Gasteiger partial charge in [-0.05, 0) is 79.4 Å². The van der Waals surface area contributed by atoms with Crippen LogP contribution in [-0.2, 0) is 26.3 Å². The standard InChI is InChI=1S/C28H24FN3O4/c1-14-9-15(2)11-18(10-14)32-25(34)23-22(12-16-3-6-19(33)7-4-16)31-28(24(23)26(32)35)20-13-17(29)5-8-21(20)30-27(28)36/h3-11,13,22-24,31,33H,12H2,1-2H3,(H,30,36)/t22?,23-,24+,28?/m1/s1. The van der Waals surface area contributed by atoms with Gasteiger partial charge in [0.25, 0.3) is 0 Å². The molecule has 1 spiro atoms. The van der Waals surface area contributed by atoms with E-state index in [0.717, 1.165) is 16.7 Å². The van der Waals surface area contributed by atoms with Gasteiger partial charge in [0.2, 0.25) is 17.7 Å². The molecule has 0 aromatic heterocycles. The molecule has 4 atom stereocenters. The minimum Gasteiger partial charge on any atom is -0.508 e. The SMILES string of the molecule is Cc1cc(C)cc(N2C(=O)[C@@H]3C(Cc4ccc(O)cc4)NC4(C(=O)Nc5ccc(F)cc54)[C@@H]3C2=O)c1. The monoisotopic (exact) mass is 485 g/mol. The minimum atomic E-state index is -1.58. The zero-order valence-corrected chi connectivity index (χ0v) is 19.7. The zero-order chi connectivity index (χ0) is 25.4. The Balaban J connectivity index is 1.51. The second kappa shape index (κ2) is 7.73. The predicted molar refractivity (Wildman–Crippen MR) is 131 cm³/mol. The molecule has 3 aromatic rings. The van der Waals surface area contributed by atoms with Crippen LogP contribution in [0.25, 0.3) is 0 Å². The molecule has 6 rings (SSSR count). The van der Waals surface area contributed by atoms with Crippen LogP contribution < -0.4 is 15.5 Å². The Morgan fingerprint density at radius 2 is 1.64 bits per heavy atom. The summed E-state index contributed by atoms with van der Waals surface area (Å²) in [6.07, 6.45) is 0.334. The second-order valence-electron chi connectivity index (χ2n) is 9.93. The van der Waals surface area contributed by atoms with Gasteiger partial charge < -0.3 is 10.4 Å². The first-order chi connectivity index (χ1) is 17.2. The van der Waals surface area contributed by atoms with Gasteiger partial charge in [-0.2, -0.15) is 0 Å². The number of fused-ring (bicyclic) bond motifs is 4. The Bertz CT molecular complexity index is 1430. The van der Waals surface area contributed by atoms with Crippen LogP contribution in [-0.4, -0.2) is 28.9 Å². The van der Waals surface area contributed by atoms with Crippen LogP contribution >= 0.6 is 0 Å². The molecule has 2 unspecified atom stereocenters. The zero-order valence-electron chi connectivity index (χ0n) is 19.7. The number of anilines is 2. The molecule has 2 saturated heterocycles. The average molecular weight is 486 g/mol. The van der Waals surface area contributed by atoms with Crippen molar-refractivity contribution in [3.63, 3.8) is 0 Å². The summed E-state index contributed by atoms with van der Waals surface area (Å²) < 4.78 is 14.4. The highest BCUT2D eigenvalue weighted by Crippen LogP contribution is 2.54. The van der Waals surface area contributed by atoms with Crippen LogP contribution in [0.5, 0.6) is 5.75 Å². The van der Waals surface area contributed by atoms with Crippen molar-refractivity contribution in [2.24, 2.45) is 11.8 Å². The van der Waals surface area contributed by atoms with Crippen LogP contribution in [0.2, 0.25) is 0 Å². The number of hydrogen-bond donors (Lipinski definition) is 3. The summed E-state index contributed by atoms with van der Waals surface area (Å²) in [5, 5.41) is 15.8. The number of aryl methyl sites for hydroxylation is 2. The number of hydrogen-bond acceptors (Lipinski definition) is 5. The van der Waals surface area contributed by atoms with Crippen molar-refractivity contribution in [3.8, 4) is 5.75 Å². The van der Waals surface area contributed by atoms with E-state index in [1.54, 1.807) is 36.4 Å². The third kappa shape index (κ3) is 3.10. The van der Waals surface area contributed by atoms with Crippen molar-refractivity contribution in [3.05, 3.63) is 88.7 Å². The van der Waals surface area contributed by atoms with Gasteiger partial charge in [-0.15, -0.1) is 0 Å². The molecule has 3 heterocycles. The molecule has 7 nitrogen and oxygen atoms in total. The maximum absolute atomic E-state index is 14.4. The molecular weight excluding hydrogens is 461 g/mol. The number of rotatable bonds is 3. The van der Waals surface area contributed by atoms with Crippen molar-refractivity contribution >= 4 is 29.1 Å². The van der Waals surface area contributed by atoms with E-state index >= 15 is 0 Å². The topological polar surface area (TPSA) is 98.7 Å². The maximum atomic E-state index is 14.4. The molecule has 8 heteroatoms. The van der Waals surface area contributed by atoms with E-state index in [1.807, 2.05) is 19.9 Å². The van der Waals surface area contributed by atoms with Crippen LogP contribution in [0.1, 0.15) is 22.3 Å². The van der Waals surface area contributed by atoms with Gasteiger partial charge in [-0.3, -0.25) is 19.7 Å². The first-order valence-electron chi connectivity index (χ1n) is 11.8. The lowest BCUT2D eigenvalue weighted by atomic mass is 9.76. The Labute approximate surface area is 206 Å². The summed E-state index contributed by atoms with van der Waals surface area (Å²) in [5.74, 6) is -3.66. The fourth-order valence-electron chi connectivity index (χ4n) is 6.17. The van der Waals surface area contributed by atoms with Crippen molar-refractivity contribution in [2.75, 3.05) is 10.2 Å². The highest BCUT2D eigenvalue weighted by molar-refractivity contribution is 6.25. The number of carbonyl (C=O) groups is 3. The summed E-state index contributed by atoms with van der Waals surface area (Å²) in [6, 6.07) is 15.5. The third-order valence-corrected chi connectivity index (χ3v) is 7.53. The number of phenols is 1. The van der Waals surface area contributed by atoms with E-state index in [-0.39, 0.29) is 11.7 Å². The first-order valence-corrected chi connectivity index (χ1v) is 11.8. The number of nitrogens with one attached hydrogen (secondary N) is 2. The number of halogens is 1. The number of benzene rings is 3. The molecule has 3 N–H and O–H groups in total. The number of amides is 3. The molecule has 2 fully saturated rings. The lowest BCUT2D eigenvalue weighted by Gasteiger charge is -2.29. The third-order valence-electron chi connectivity index (χ3n) is 7.53. The summed E-state index contributed by atoms with van der Waals surface area (Å²) in [5.41, 5.74) is 2.27. The average Bonchev–Trinajstić information content (AvgIpc) is 3.39. The van der Waals surface area contributed by atoms with E-state index in [4.69, 9.17) is 0 Å². The Morgan fingerprint density at radius 3 is 2.33 bits per heavy atom. The largest absolute Gasteiger partial charge is 0.508 e. The van der Waals surface area contributed by atoms with Gasteiger partial charge in [0.05, 0.1) is 17.5 Å². The molecule has 0 aliphatic carbocycles. The normalized spacial score (nSPS) is 26.5. The molecule has 3 aliphatic rings. The molecule has 36 heavy (non-hydrogen) atoms. The predicted octanol–water partition coefficient (Wildman–Crippen LogP) is 3.32. The fraction of sp³-hybridized carbons (Fsp3) is 0.250. The number of imide groups is 1. The summed E-state index contributed by atoms with van der Waals surface area (Å²) in [7, 11) is 0. The van der Waals surface area contributed by atoms with Crippen molar-refractivity contribution in [2.45, 2.75) is 31.8 Å². The minimum absolute atomic E-state index is 0.111.